The minimum absolute atomic E-state index is 0.00810. The molecule has 0 radical (unpaired) electrons. The van der Waals surface area contributed by atoms with Crippen LogP contribution in [-0.2, 0) is 10.0 Å². The standard InChI is InChI=1S/C22H24N4O5S/c1-15(2)13-31-19-7-5-4-6-18(19)22(27)25-16-8-10-17(11-9-16)32(28,29)26-20-12-21(30-3)24-14-23-20/h4-12,14-15H,13H2,1-3H3,(H,25,27)(H,23,24,26). The maximum absolute atomic E-state index is 12.7. The SMILES string of the molecule is COc1cc(NS(=O)(=O)c2ccc(NC(=O)c3ccccc3OCC(C)C)cc2)ncn1. The van der Waals surface area contributed by atoms with Crippen molar-refractivity contribution in [2.45, 2.75) is 18.7 Å². The second kappa shape index (κ2) is 10.1. The molecule has 3 aromatic rings. The van der Waals surface area contributed by atoms with E-state index in [2.05, 4.69) is 20.0 Å². The Morgan fingerprint density at radius 1 is 1.06 bits per heavy atom. The molecular formula is C22H24N4O5S. The molecule has 3 rings (SSSR count). The predicted octanol–water partition coefficient (Wildman–Crippen LogP) is 3.57. The van der Waals surface area contributed by atoms with Crippen LogP contribution in [0.4, 0.5) is 11.5 Å². The van der Waals surface area contributed by atoms with E-state index >= 15 is 0 Å². The molecule has 9 nitrogen and oxygen atoms in total. The average Bonchev–Trinajstić information content (AvgIpc) is 2.78. The number of hydrogen-bond donors (Lipinski definition) is 2. The Labute approximate surface area is 186 Å². The summed E-state index contributed by atoms with van der Waals surface area (Å²) in [5.41, 5.74) is 0.834. The number of nitrogens with zero attached hydrogens (tertiary/aromatic N) is 2. The molecule has 0 aliphatic rings. The van der Waals surface area contributed by atoms with Crippen LogP contribution >= 0.6 is 0 Å². The smallest absolute Gasteiger partial charge is 0.263 e. The predicted molar refractivity (Wildman–Crippen MR) is 121 cm³/mol. The van der Waals surface area contributed by atoms with Crippen LogP contribution in [0.5, 0.6) is 11.6 Å². The van der Waals surface area contributed by atoms with Gasteiger partial charge in [0.05, 0.1) is 24.2 Å². The number of aromatic nitrogens is 2. The maximum atomic E-state index is 12.7. The Balaban J connectivity index is 1.71. The lowest BCUT2D eigenvalue weighted by atomic mass is 10.1. The van der Waals surface area contributed by atoms with E-state index in [0.717, 1.165) is 0 Å². The summed E-state index contributed by atoms with van der Waals surface area (Å²) in [7, 11) is -2.47. The molecule has 0 bridgehead atoms. The van der Waals surface area contributed by atoms with E-state index < -0.39 is 10.0 Å². The van der Waals surface area contributed by atoms with Gasteiger partial charge >= 0.3 is 0 Å². The van der Waals surface area contributed by atoms with Crippen molar-refractivity contribution in [2.75, 3.05) is 23.8 Å². The first kappa shape index (κ1) is 23.0. The van der Waals surface area contributed by atoms with Gasteiger partial charge in [-0.25, -0.2) is 18.4 Å². The number of methoxy groups -OCH3 is 1. The van der Waals surface area contributed by atoms with Gasteiger partial charge in [0.1, 0.15) is 17.9 Å². The van der Waals surface area contributed by atoms with E-state index in [1.54, 1.807) is 24.3 Å². The summed E-state index contributed by atoms with van der Waals surface area (Å²) < 4.78 is 38.3. The van der Waals surface area contributed by atoms with Crippen molar-refractivity contribution in [3.63, 3.8) is 0 Å². The molecule has 0 spiro atoms. The van der Waals surface area contributed by atoms with Crippen LogP contribution in [0.1, 0.15) is 24.2 Å². The van der Waals surface area contributed by atoms with Crippen molar-refractivity contribution in [1.29, 1.82) is 0 Å². The van der Waals surface area contributed by atoms with Gasteiger partial charge in [0.2, 0.25) is 5.88 Å². The number of nitrogens with one attached hydrogen (secondary N) is 2. The molecule has 0 atom stereocenters. The lowest BCUT2D eigenvalue weighted by molar-refractivity contribution is 0.102. The van der Waals surface area contributed by atoms with Crippen molar-refractivity contribution in [1.82, 2.24) is 9.97 Å². The van der Waals surface area contributed by atoms with Gasteiger partial charge in [0.15, 0.2) is 0 Å². The molecule has 2 aromatic carbocycles. The molecule has 10 heteroatoms. The van der Waals surface area contributed by atoms with Crippen molar-refractivity contribution >= 4 is 27.4 Å². The van der Waals surface area contributed by atoms with Crippen molar-refractivity contribution in [3.05, 3.63) is 66.5 Å². The third kappa shape index (κ3) is 5.94. The molecule has 1 heterocycles. The normalized spacial score (nSPS) is 11.1. The Bertz CT molecular complexity index is 1180. The summed E-state index contributed by atoms with van der Waals surface area (Å²) in [6, 6.07) is 14.1. The van der Waals surface area contributed by atoms with Gasteiger partial charge < -0.3 is 14.8 Å². The Hall–Kier alpha value is -3.66. The number of hydrogen-bond acceptors (Lipinski definition) is 7. The molecule has 32 heavy (non-hydrogen) atoms. The number of benzene rings is 2. The highest BCUT2D eigenvalue weighted by atomic mass is 32.2. The molecule has 0 aliphatic carbocycles. The van der Waals surface area contributed by atoms with Gasteiger partial charge in [-0.3, -0.25) is 9.52 Å². The van der Waals surface area contributed by atoms with Crippen LogP contribution in [0.15, 0.2) is 65.8 Å². The largest absolute Gasteiger partial charge is 0.492 e. The summed E-state index contributed by atoms with van der Waals surface area (Å²) >= 11 is 0. The van der Waals surface area contributed by atoms with Crippen LogP contribution in [-0.4, -0.2) is 38.0 Å². The fraction of sp³-hybridized carbons (Fsp3) is 0.227. The van der Waals surface area contributed by atoms with E-state index in [1.807, 2.05) is 13.8 Å². The molecule has 0 aliphatic heterocycles. The molecule has 1 aromatic heterocycles. The summed E-state index contributed by atoms with van der Waals surface area (Å²) in [6.45, 7) is 4.53. The van der Waals surface area contributed by atoms with Crippen molar-refractivity contribution in [2.24, 2.45) is 5.92 Å². The number of carbonyl (C=O) groups excluding carboxylic acids is 1. The van der Waals surface area contributed by atoms with E-state index in [0.29, 0.717) is 29.5 Å². The van der Waals surface area contributed by atoms with Gasteiger partial charge in [-0.05, 0) is 42.3 Å². The number of para-hydroxylation sites is 1. The van der Waals surface area contributed by atoms with Crippen LogP contribution in [0.3, 0.4) is 0 Å². The summed E-state index contributed by atoms with van der Waals surface area (Å²) in [4.78, 5) is 20.4. The highest BCUT2D eigenvalue weighted by Gasteiger charge is 2.17. The zero-order chi connectivity index (χ0) is 23.1. The number of ether oxygens (including phenoxy) is 2. The summed E-state index contributed by atoms with van der Waals surface area (Å²) in [5.74, 6) is 0.756. The fourth-order valence-corrected chi connectivity index (χ4v) is 3.66. The summed E-state index contributed by atoms with van der Waals surface area (Å²) in [5, 5.41) is 2.76. The third-order valence-electron chi connectivity index (χ3n) is 4.22. The number of rotatable bonds is 9. The van der Waals surface area contributed by atoms with Crippen molar-refractivity contribution < 1.29 is 22.7 Å². The quantitative estimate of drug-likeness (QED) is 0.505. The molecule has 0 unspecified atom stereocenters. The van der Waals surface area contributed by atoms with Gasteiger partial charge in [-0.2, -0.15) is 0 Å². The van der Waals surface area contributed by atoms with Crippen LogP contribution < -0.4 is 19.5 Å². The lowest BCUT2D eigenvalue weighted by Crippen LogP contribution is -2.16. The lowest BCUT2D eigenvalue weighted by Gasteiger charge is -2.13. The van der Waals surface area contributed by atoms with Crippen molar-refractivity contribution in [3.8, 4) is 11.6 Å². The van der Waals surface area contributed by atoms with E-state index in [9.17, 15) is 13.2 Å². The third-order valence-corrected chi connectivity index (χ3v) is 5.59. The molecule has 0 saturated heterocycles. The van der Waals surface area contributed by atoms with Gasteiger partial charge in [-0.1, -0.05) is 26.0 Å². The van der Waals surface area contributed by atoms with Gasteiger partial charge in [0, 0.05) is 11.8 Å². The first-order valence-electron chi connectivity index (χ1n) is 9.80. The van der Waals surface area contributed by atoms with Crippen LogP contribution in [0.25, 0.3) is 0 Å². The number of anilines is 2. The minimum Gasteiger partial charge on any atom is -0.492 e. The first-order valence-corrected chi connectivity index (χ1v) is 11.3. The zero-order valence-electron chi connectivity index (χ0n) is 17.9. The van der Waals surface area contributed by atoms with E-state index in [1.165, 1.54) is 43.8 Å². The molecule has 1 amide bonds. The molecule has 0 saturated carbocycles. The van der Waals surface area contributed by atoms with Gasteiger partial charge in [0.25, 0.3) is 15.9 Å². The van der Waals surface area contributed by atoms with E-state index in [-0.39, 0.29) is 22.5 Å². The first-order chi connectivity index (χ1) is 15.3. The topological polar surface area (TPSA) is 120 Å². The second-order valence-corrected chi connectivity index (χ2v) is 8.91. The molecule has 168 valence electrons. The minimum atomic E-state index is -3.89. The van der Waals surface area contributed by atoms with Gasteiger partial charge in [-0.15, -0.1) is 0 Å². The monoisotopic (exact) mass is 456 g/mol. The average molecular weight is 457 g/mol. The Morgan fingerprint density at radius 3 is 2.47 bits per heavy atom. The number of carbonyl (C=O) groups is 1. The molecule has 0 fully saturated rings. The summed E-state index contributed by atoms with van der Waals surface area (Å²) in [6.07, 6.45) is 1.19. The van der Waals surface area contributed by atoms with E-state index in [4.69, 9.17) is 9.47 Å². The molecular weight excluding hydrogens is 432 g/mol. The fourth-order valence-electron chi connectivity index (χ4n) is 2.66. The second-order valence-electron chi connectivity index (χ2n) is 7.23. The highest BCUT2D eigenvalue weighted by molar-refractivity contribution is 7.92. The maximum Gasteiger partial charge on any atom is 0.263 e. The molecule has 2 N–H and O–H groups in total. The Kier molecular flexibility index (Phi) is 7.26. The number of amides is 1. The Morgan fingerprint density at radius 2 is 1.78 bits per heavy atom. The van der Waals surface area contributed by atoms with Crippen LogP contribution in [0, 0.1) is 5.92 Å². The van der Waals surface area contributed by atoms with Crippen LogP contribution in [0.2, 0.25) is 0 Å². The number of sulfonamides is 1. The highest BCUT2D eigenvalue weighted by Crippen LogP contribution is 2.22. The zero-order valence-corrected chi connectivity index (χ0v) is 18.7.